The van der Waals surface area contributed by atoms with Crippen molar-refractivity contribution in [3.05, 3.63) is 35.3 Å². The minimum absolute atomic E-state index is 0.293. The maximum atomic E-state index is 11.6. The highest BCUT2D eigenvalue weighted by atomic mass is 32.1. The van der Waals surface area contributed by atoms with Crippen molar-refractivity contribution in [3.8, 4) is 5.13 Å². The van der Waals surface area contributed by atoms with Gasteiger partial charge >= 0.3 is 5.97 Å². The lowest BCUT2D eigenvalue weighted by molar-refractivity contribution is 0.0520. The molecule has 19 heavy (non-hydrogen) atoms. The fourth-order valence-electron chi connectivity index (χ4n) is 1.67. The normalized spacial score (nSPS) is 10.8. The summed E-state index contributed by atoms with van der Waals surface area (Å²) in [5.41, 5.74) is 1.93. The molecule has 2 aromatic heterocycles. The molecule has 0 unspecified atom stereocenters. The standard InChI is InChI=1S/C12H10N4O2S/c1-2-18-11(17)9-7-19-12(13-9)16-10-6-4-3-5-8(10)14-15-16/h3-7H,2H2,1H3. The fourth-order valence-corrected chi connectivity index (χ4v) is 2.42. The molecule has 0 radical (unpaired) electrons. The van der Waals surface area contributed by atoms with Gasteiger partial charge in [-0.2, -0.15) is 4.68 Å². The largest absolute Gasteiger partial charge is 0.461 e. The number of hydrogen-bond acceptors (Lipinski definition) is 6. The van der Waals surface area contributed by atoms with Gasteiger partial charge in [-0.15, -0.1) is 16.4 Å². The van der Waals surface area contributed by atoms with Crippen molar-refractivity contribution >= 4 is 28.3 Å². The Kier molecular flexibility index (Phi) is 2.96. The van der Waals surface area contributed by atoms with Gasteiger partial charge < -0.3 is 4.74 Å². The molecule has 0 atom stereocenters. The first-order valence-corrected chi connectivity index (χ1v) is 6.61. The first-order valence-electron chi connectivity index (χ1n) is 5.73. The summed E-state index contributed by atoms with van der Waals surface area (Å²) in [6.45, 7) is 2.09. The molecule has 0 fully saturated rings. The van der Waals surface area contributed by atoms with Gasteiger partial charge in [0.25, 0.3) is 0 Å². The van der Waals surface area contributed by atoms with Crippen LogP contribution in [0.1, 0.15) is 17.4 Å². The Morgan fingerprint density at radius 3 is 3.11 bits per heavy atom. The highest BCUT2D eigenvalue weighted by Crippen LogP contribution is 2.19. The summed E-state index contributed by atoms with van der Waals surface area (Å²) in [6.07, 6.45) is 0. The van der Waals surface area contributed by atoms with Crippen LogP contribution < -0.4 is 0 Å². The van der Waals surface area contributed by atoms with E-state index in [1.807, 2.05) is 24.3 Å². The number of fused-ring (bicyclic) bond motifs is 1. The molecule has 0 saturated carbocycles. The van der Waals surface area contributed by atoms with Crippen molar-refractivity contribution in [2.24, 2.45) is 0 Å². The minimum Gasteiger partial charge on any atom is -0.461 e. The second kappa shape index (κ2) is 4.77. The van der Waals surface area contributed by atoms with E-state index in [1.54, 1.807) is 17.0 Å². The van der Waals surface area contributed by atoms with E-state index < -0.39 is 5.97 Å². The van der Waals surface area contributed by atoms with E-state index in [1.165, 1.54) is 11.3 Å². The van der Waals surface area contributed by atoms with Crippen LogP contribution in [0.25, 0.3) is 16.2 Å². The number of carbonyl (C=O) groups is 1. The molecule has 1 aromatic carbocycles. The van der Waals surface area contributed by atoms with Crippen molar-refractivity contribution in [1.82, 2.24) is 20.0 Å². The average molecular weight is 274 g/mol. The van der Waals surface area contributed by atoms with Crippen LogP contribution in [0, 0.1) is 0 Å². The number of rotatable bonds is 3. The van der Waals surface area contributed by atoms with Crippen LogP contribution in [-0.4, -0.2) is 32.6 Å². The maximum Gasteiger partial charge on any atom is 0.357 e. The highest BCUT2D eigenvalue weighted by Gasteiger charge is 2.14. The van der Waals surface area contributed by atoms with E-state index in [0.717, 1.165) is 11.0 Å². The molecular formula is C12H10N4O2S. The molecule has 0 N–H and O–H groups in total. The summed E-state index contributed by atoms with van der Waals surface area (Å²) in [6, 6.07) is 7.58. The van der Waals surface area contributed by atoms with Crippen molar-refractivity contribution in [3.63, 3.8) is 0 Å². The van der Waals surface area contributed by atoms with E-state index in [9.17, 15) is 4.79 Å². The topological polar surface area (TPSA) is 69.9 Å². The van der Waals surface area contributed by atoms with Gasteiger partial charge in [-0.3, -0.25) is 0 Å². The second-order valence-corrected chi connectivity index (χ2v) is 4.56. The van der Waals surface area contributed by atoms with Gasteiger partial charge in [-0.1, -0.05) is 17.3 Å². The molecule has 3 rings (SSSR count). The van der Waals surface area contributed by atoms with Crippen molar-refractivity contribution in [1.29, 1.82) is 0 Å². The molecule has 2 heterocycles. The van der Waals surface area contributed by atoms with Gasteiger partial charge in [0.1, 0.15) is 5.52 Å². The molecular weight excluding hydrogens is 264 g/mol. The zero-order chi connectivity index (χ0) is 13.2. The van der Waals surface area contributed by atoms with Crippen molar-refractivity contribution < 1.29 is 9.53 Å². The highest BCUT2D eigenvalue weighted by molar-refractivity contribution is 7.12. The predicted molar refractivity (Wildman–Crippen MR) is 70.5 cm³/mol. The molecule has 0 amide bonds. The third-order valence-corrected chi connectivity index (χ3v) is 3.33. The first kappa shape index (κ1) is 11.8. The zero-order valence-electron chi connectivity index (χ0n) is 10.1. The summed E-state index contributed by atoms with van der Waals surface area (Å²) >= 11 is 1.32. The Bertz CT molecular complexity index is 734. The van der Waals surface area contributed by atoms with Crippen LogP contribution in [0.5, 0.6) is 0 Å². The summed E-state index contributed by atoms with van der Waals surface area (Å²) in [4.78, 5) is 15.8. The van der Waals surface area contributed by atoms with Crippen LogP contribution in [0.2, 0.25) is 0 Å². The van der Waals surface area contributed by atoms with E-state index >= 15 is 0 Å². The first-order chi connectivity index (χ1) is 9.29. The number of ether oxygens (including phenoxy) is 1. The third-order valence-electron chi connectivity index (χ3n) is 2.51. The fraction of sp³-hybridized carbons (Fsp3) is 0.167. The molecule has 0 bridgehead atoms. The maximum absolute atomic E-state index is 11.6. The number of thiazole rings is 1. The summed E-state index contributed by atoms with van der Waals surface area (Å²) in [5.74, 6) is -0.422. The van der Waals surface area contributed by atoms with Gasteiger partial charge in [-0.25, -0.2) is 9.78 Å². The van der Waals surface area contributed by atoms with Crippen LogP contribution >= 0.6 is 11.3 Å². The molecule has 6 nitrogen and oxygen atoms in total. The lowest BCUT2D eigenvalue weighted by Crippen LogP contribution is -2.05. The Morgan fingerprint density at radius 2 is 2.26 bits per heavy atom. The number of aromatic nitrogens is 4. The summed E-state index contributed by atoms with van der Waals surface area (Å²) in [5, 5.41) is 10.3. The predicted octanol–water partition coefficient (Wildman–Crippen LogP) is 2.05. The lowest BCUT2D eigenvalue weighted by Gasteiger charge is -1.97. The van der Waals surface area contributed by atoms with Crippen LogP contribution in [0.15, 0.2) is 29.6 Å². The van der Waals surface area contributed by atoms with Crippen LogP contribution in [0.3, 0.4) is 0 Å². The summed E-state index contributed by atoms with van der Waals surface area (Å²) in [7, 11) is 0. The van der Waals surface area contributed by atoms with E-state index in [4.69, 9.17) is 4.74 Å². The second-order valence-electron chi connectivity index (χ2n) is 3.73. The Balaban J connectivity index is 2.01. The van der Waals surface area contributed by atoms with Gasteiger partial charge in [0.15, 0.2) is 5.69 Å². The average Bonchev–Trinajstić information content (AvgIpc) is 3.05. The number of esters is 1. The molecule has 96 valence electrons. The zero-order valence-corrected chi connectivity index (χ0v) is 10.9. The molecule has 7 heteroatoms. The van der Waals surface area contributed by atoms with Crippen molar-refractivity contribution in [2.75, 3.05) is 6.61 Å². The number of benzene rings is 1. The number of nitrogens with zero attached hydrogens (tertiary/aromatic N) is 4. The van der Waals surface area contributed by atoms with Crippen LogP contribution in [0.4, 0.5) is 0 Å². The Labute approximate surface area is 112 Å². The smallest absolute Gasteiger partial charge is 0.357 e. The lowest BCUT2D eigenvalue weighted by atomic mass is 10.3. The molecule has 0 saturated heterocycles. The number of hydrogen-bond donors (Lipinski definition) is 0. The van der Waals surface area contributed by atoms with Crippen molar-refractivity contribution in [2.45, 2.75) is 6.92 Å². The van der Waals surface area contributed by atoms with E-state index in [-0.39, 0.29) is 0 Å². The molecule has 0 aliphatic carbocycles. The number of para-hydroxylation sites is 1. The van der Waals surface area contributed by atoms with Gasteiger partial charge in [0.05, 0.1) is 12.1 Å². The molecule has 0 aliphatic rings. The Hall–Kier alpha value is -2.28. The Morgan fingerprint density at radius 1 is 1.42 bits per heavy atom. The quantitative estimate of drug-likeness (QED) is 0.684. The van der Waals surface area contributed by atoms with E-state index in [0.29, 0.717) is 17.4 Å². The van der Waals surface area contributed by atoms with E-state index in [2.05, 4.69) is 15.3 Å². The van der Waals surface area contributed by atoms with Crippen LogP contribution in [-0.2, 0) is 4.74 Å². The molecule has 3 aromatic rings. The third kappa shape index (κ3) is 2.08. The van der Waals surface area contributed by atoms with Gasteiger partial charge in [-0.05, 0) is 19.1 Å². The monoisotopic (exact) mass is 274 g/mol. The van der Waals surface area contributed by atoms with Gasteiger partial charge in [0.2, 0.25) is 5.13 Å². The summed E-state index contributed by atoms with van der Waals surface area (Å²) < 4.78 is 6.52. The molecule has 0 spiro atoms. The minimum atomic E-state index is -0.422. The van der Waals surface area contributed by atoms with Gasteiger partial charge in [0, 0.05) is 5.38 Å². The number of carbonyl (C=O) groups excluding carboxylic acids is 1. The SMILES string of the molecule is CCOC(=O)c1csc(-n2nnc3ccccc32)n1. The molecule has 0 aliphatic heterocycles.